The topological polar surface area (TPSA) is 59.2 Å². The molecule has 0 saturated heterocycles. The normalized spacial score (nSPS) is 10.4. The molecule has 2 rings (SSSR count). The quantitative estimate of drug-likeness (QED) is 0.872. The molecular weight excluding hydrogens is 258 g/mol. The van der Waals surface area contributed by atoms with Gasteiger partial charge in [-0.25, -0.2) is 4.98 Å². The van der Waals surface area contributed by atoms with Gasteiger partial charge in [0.25, 0.3) is 5.91 Å². The maximum absolute atomic E-state index is 12.5. The number of aromatic nitrogens is 1. The van der Waals surface area contributed by atoms with E-state index >= 15 is 0 Å². The van der Waals surface area contributed by atoms with Crippen LogP contribution in [0.2, 0.25) is 0 Å². The summed E-state index contributed by atoms with van der Waals surface area (Å²) in [6, 6.07) is 7.37. The average molecular weight is 275 g/mol. The van der Waals surface area contributed by atoms with E-state index in [0.29, 0.717) is 17.9 Å². The van der Waals surface area contributed by atoms with Crippen molar-refractivity contribution in [1.29, 1.82) is 0 Å². The van der Waals surface area contributed by atoms with Crippen molar-refractivity contribution in [3.63, 3.8) is 0 Å². The third kappa shape index (κ3) is 3.12. The molecule has 0 aliphatic rings. The monoisotopic (exact) mass is 275 g/mol. The third-order valence-electron chi connectivity index (χ3n) is 2.71. The summed E-state index contributed by atoms with van der Waals surface area (Å²) in [4.78, 5) is 18.5. The van der Waals surface area contributed by atoms with Crippen LogP contribution >= 0.6 is 11.3 Å². The van der Waals surface area contributed by atoms with Crippen LogP contribution in [-0.2, 0) is 0 Å². The molecule has 1 aromatic carbocycles. The van der Waals surface area contributed by atoms with Crippen LogP contribution in [-0.4, -0.2) is 17.4 Å². The van der Waals surface area contributed by atoms with Crippen molar-refractivity contribution in [1.82, 2.24) is 4.98 Å². The van der Waals surface area contributed by atoms with Gasteiger partial charge >= 0.3 is 0 Å². The summed E-state index contributed by atoms with van der Waals surface area (Å²) in [5.41, 5.74) is 7.75. The largest absolute Gasteiger partial charge is 0.399 e. The number of amides is 1. The third-order valence-corrected chi connectivity index (χ3v) is 3.49. The Balaban J connectivity index is 2.32. The van der Waals surface area contributed by atoms with Crippen LogP contribution in [0.15, 0.2) is 29.6 Å². The van der Waals surface area contributed by atoms with Crippen molar-refractivity contribution < 1.29 is 4.79 Å². The van der Waals surface area contributed by atoms with Crippen molar-refractivity contribution in [3.05, 3.63) is 40.3 Å². The van der Waals surface area contributed by atoms with Crippen LogP contribution < -0.4 is 10.6 Å². The molecule has 0 fully saturated rings. The standard InChI is InChI=1S/C14H17N3OS/c1-3-7-17(12-6-4-5-11(15)8-12)14(18)13-9-19-10(2)16-13/h4-6,8-9H,3,7,15H2,1-2H3. The minimum absolute atomic E-state index is 0.0724. The summed E-state index contributed by atoms with van der Waals surface area (Å²) in [6.07, 6.45) is 0.879. The Morgan fingerprint density at radius 3 is 2.84 bits per heavy atom. The number of hydrogen-bond donors (Lipinski definition) is 1. The zero-order valence-corrected chi connectivity index (χ0v) is 11.9. The molecular formula is C14H17N3OS. The van der Waals surface area contributed by atoms with Crippen molar-refractivity contribution in [2.45, 2.75) is 20.3 Å². The first kappa shape index (κ1) is 13.5. The summed E-state index contributed by atoms with van der Waals surface area (Å²) in [6.45, 7) is 4.59. The molecule has 1 amide bonds. The Labute approximate surface area is 116 Å². The molecule has 0 unspecified atom stereocenters. The lowest BCUT2D eigenvalue weighted by molar-refractivity contribution is 0.0982. The van der Waals surface area contributed by atoms with Crippen LogP contribution in [0, 0.1) is 6.92 Å². The minimum atomic E-state index is -0.0724. The fourth-order valence-corrected chi connectivity index (χ4v) is 2.45. The molecule has 0 saturated carbocycles. The Bertz CT molecular complexity index is 580. The number of thiazole rings is 1. The summed E-state index contributed by atoms with van der Waals surface area (Å²) >= 11 is 1.48. The van der Waals surface area contributed by atoms with Gasteiger partial charge in [-0.15, -0.1) is 11.3 Å². The van der Waals surface area contributed by atoms with E-state index in [1.807, 2.05) is 38.1 Å². The van der Waals surface area contributed by atoms with Crippen molar-refractivity contribution in [3.8, 4) is 0 Å². The highest BCUT2D eigenvalue weighted by Gasteiger charge is 2.19. The van der Waals surface area contributed by atoms with E-state index in [1.165, 1.54) is 11.3 Å². The summed E-state index contributed by atoms with van der Waals surface area (Å²) in [5, 5.41) is 2.69. The van der Waals surface area contributed by atoms with Gasteiger partial charge < -0.3 is 10.6 Å². The average Bonchev–Trinajstić information content (AvgIpc) is 2.82. The summed E-state index contributed by atoms with van der Waals surface area (Å²) in [5.74, 6) is -0.0724. The summed E-state index contributed by atoms with van der Waals surface area (Å²) in [7, 11) is 0. The molecule has 100 valence electrons. The molecule has 0 bridgehead atoms. The Morgan fingerprint density at radius 2 is 2.26 bits per heavy atom. The number of aryl methyl sites for hydroxylation is 1. The van der Waals surface area contributed by atoms with Crippen molar-refractivity contribution >= 4 is 28.6 Å². The van der Waals surface area contributed by atoms with Gasteiger partial charge in [0.1, 0.15) is 5.69 Å². The van der Waals surface area contributed by atoms with E-state index in [4.69, 9.17) is 5.73 Å². The van der Waals surface area contributed by atoms with Gasteiger partial charge in [0.2, 0.25) is 0 Å². The first-order valence-electron chi connectivity index (χ1n) is 6.21. The van der Waals surface area contributed by atoms with Gasteiger partial charge in [0.05, 0.1) is 5.01 Å². The van der Waals surface area contributed by atoms with Gasteiger partial charge in [0.15, 0.2) is 0 Å². The predicted molar refractivity (Wildman–Crippen MR) is 79.7 cm³/mol. The highest BCUT2D eigenvalue weighted by molar-refractivity contribution is 7.09. The second kappa shape index (κ2) is 5.84. The van der Waals surface area contributed by atoms with E-state index in [9.17, 15) is 4.79 Å². The fourth-order valence-electron chi connectivity index (χ4n) is 1.86. The zero-order chi connectivity index (χ0) is 13.8. The smallest absolute Gasteiger partial charge is 0.277 e. The maximum Gasteiger partial charge on any atom is 0.277 e. The Morgan fingerprint density at radius 1 is 1.47 bits per heavy atom. The number of hydrogen-bond acceptors (Lipinski definition) is 4. The van der Waals surface area contributed by atoms with Crippen molar-refractivity contribution in [2.75, 3.05) is 17.2 Å². The molecule has 1 heterocycles. The highest BCUT2D eigenvalue weighted by Crippen LogP contribution is 2.21. The SMILES string of the molecule is CCCN(C(=O)c1csc(C)n1)c1cccc(N)c1. The van der Waals surface area contributed by atoms with Crippen LogP contribution in [0.1, 0.15) is 28.8 Å². The molecule has 19 heavy (non-hydrogen) atoms. The maximum atomic E-state index is 12.5. The first-order chi connectivity index (χ1) is 9.11. The number of nitrogens with two attached hydrogens (primary N) is 1. The lowest BCUT2D eigenvalue weighted by Crippen LogP contribution is -2.32. The molecule has 0 radical (unpaired) electrons. The molecule has 2 aromatic rings. The van der Waals surface area contributed by atoms with E-state index in [-0.39, 0.29) is 5.91 Å². The second-order valence-electron chi connectivity index (χ2n) is 4.30. The zero-order valence-electron chi connectivity index (χ0n) is 11.1. The molecule has 0 atom stereocenters. The van der Waals surface area contributed by atoms with Gasteiger partial charge in [-0.3, -0.25) is 4.79 Å². The van der Waals surface area contributed by atoms with E-state index in [2.05, 4.69) is 4.98 Å². The highest BCUT2D eigenvalue weighted by atomic mass is 32.1. The molecule has 4 nitrogen and oxygen atoms in total. The van der Waals surface area contributed by atoms with Gasteiger partial charge in [0, 0.05) is 23.3 Å². The number of nitrogens with zero attached hydrogens (tertiary/aromatic N) is 2. The lowest BCUT2D eigenvalue weighted by atomic mass is 10.2. The number of rotatable bonds is 4. The van der Waals surface area contributed by atoms with Gasteiger partial charge in [-0.1, -0.05) is 13.0 Å². The van der Waals surface area contributed by atoms with E-state index < -0.39 is 0 Å². The number of carbonyl (C=O) groups excluding carboxylic acids is 1. The van der Waals surface area contributed by atoms with Gasteiger partial charge in [-0.2, -0.15) is 0 Å². The Kier molecular flexibility index (Phi) is 4.16. The van der Waals surface area contributed by atoms with Crippen molar-refractivity contribution in [2.24, 2.45) is 0 Å². The van der Waals surface area contributed by atoms with Crippen LogP contribution in [0.5, 0.6) is 0 Å². The Hall–Kier alpha value is -1.88. The fraction of sp³-hybridized carbons (Fsp3) is 0.286. The second-order valence-corrected chi connectivity index (χ2v) is 5.37. The number of benzene rings is 1. The number of carbonyl (C=O) groups is 1. The van der Waals surface area contributed by atoms with E-state index in [0.717, 1.165) is 17.1 Å². The van der Waals surface area contributed by atoms with E-state index in [1.54, 1.807) is 10.3 Å². The lowest BCUT2D eigenvalue weighted by Gasteiger charge is -2.21. The van der Waals surface area contributed by atoms with Crippen LogP contribution in [0.3, 0.4) is 0 Å². The predicted octanol–water partition coefficient (Wildman–Crippen LogP) is 3.09. The number of nitrogen functional groups attached to an aromatic ring is 1. The molecule has 0 aliphatic carbocycles. The first-order valence-corrected chi connectivity index (χ1v) is 7.09. The van der Waals surface area contributed by atoms with Crippen LogP contribution in [0.4, 0.5) is 11.4 Å². The number of anilines is 2. The molecule has 0 aliphatic heterocycles. The molecule has 0 spiro atoms. The summed E-state index contributed by atoms with van der Waals surface area (Å²) < 4.78 is 0. The minimum Gasteiger partial charge on any atom is -0.399 e. The molecule has 2 N–H and O–H groups in total. The molecule has 1 aromatic heterocycles. The van der Waals surface area contributed by atoms with Crippen LogP contribution in [0.25, 0.3) is 0 Å². The molecule has 5 heteroatoms. The van der Waals surface area contributed by atoms with Gasteiger partial charge in [-0.05, 0) is 31.5 Å².